The Hall–Kier alpha value is -1.55. The van der Waals surface area contributed by atoms with Crippen molar-refractivity contribution in [2.45, 2.75) is 38.6 Å². The van der Waals surface area contributed by atoms with Crippen LogP contribution in [0.3, 0.4) is 0 Å². The van der Waals surface area contributed by atoms with E-state index in [1.54, 1.807) is 0 Å². The number of benzene rings is 1. The minimum atomic E-state index is -0.332. The highest BCUT2D eigenvalue weighted by molar-refractivity contribution is 5.83. The molecule has 0 bridgehead atoms. The average Bonchev–Trinajstić information content (AvgIpc) is 2.53. The molecule has 0 unspecified atom stereocenters. The van der Waals surface area contributed by atoms with E-state index in [9.17, 15) is 4.79 Å². The zero-order chi connectivity index (χ0) is 15.3. The van der Waals surface area contributed by atoms with Crippen molar-refractivity contribution in [2.24, 2.45) is 11.1 Å². The van der Waals surface area contributed by atoms with Gasteiger partial charge in [-0.25, -0.2) is 0 Å². The first-order valence-electron chi connectivity index (χ1n) is 7.82. The summed E-state index contributed by atoms with van der Waals surface area (Å²) in [6, 6.07) is 8.26. The molecule has 0 spiro atoms. The van der Waals surface area contributed by atoms with E-state index in [2.05, 4.69) is 34.5 Å². The van der Waals surface area contributed by atoms with E-state index in [4.69, 9.17) is 5.73 Å². The van der Waals surface area contributed by atoms with Crippen LogP contribution in [0.4, 0.5) is 5.69 Å². The second-order valence-electron chi connectivity index (χ2n) is 6.29. The highest BCUT2D eigenvalue weighted by Crippen LogP contribution is 2.35. The molecule has 1 aliphatic carbocycles. The van der Waals surface area contributed by atoms with Crippen LogP contribution in [0.1, 0.15) is 37.7 Å². The topological polar surface area (TPSA) is 58.4 Å². The molecule has 21 heavy (non-hydrogen) atoms. The Morgan fingerprint density at radius 2 is 1.81 bits per heavy atom. The molecule has 1 aromatic carbocycles. The number of nitrogens with zero attached hydrogens (tertiary/aromatic N) is 1. The summed E-state index contributed by atoms with van der Waals surface area (Å²) in [5.74, 6) is 0.126. The second kappa shape index (κ2) is 6.94. The number of nitrogens with one attached hydrogen (secondary N) is 1. The summed E-state index contributed by atoms with van der Waals surface area (Å²) in [5, 5.41) is 3.08. The van der Waals surface area contributed by atoms with Crippen molar-refractivity contribution in [2.75, 3.05) is 25.5 Å². The highest BCUT2D eigenvalue weighted by atomic mass is 16.2. The van der Waals surface area contributed by atoms with E-state index in [1.807, 2.05) is 14.1 Å². The number of amides is 1. The number of carbonyl (C=O) groups is 1. The van der Waals surface area contributed by atoms with Crippen molar-refractivity contribution in [3.8, 4) is 0 Å². The molecule has 3 N–H and O–H groups in total. The van der Waals surface area contributed by atoms with Gasteiger partial charge in [0.25, 0.3) is 0 Å². The first kappa shape index (κ1) is 15.8. The van der Waals surface area contributed by atoms with E-state index < -0.39 is 0 Å². The van der Waals surface area contributed by atoms with Gasteiger partial charge in [0.2, 0.25) is 5.91 Å². The van der Waals surface area contributed by atoms with Crippen LogP contribution in [0.2, 0.25) is 0 Å². The average molecular weight is 289 g/mol. The Morgan fingerprint density at radius 1 is 1.19 bits per heavy atom. The maximum atomic E-state index is 12.5. The lowest BCUT2D eigenvalue weighted by atomic mass is 9.73. The van der Waals surface area contributed by atoms with E-state index in [0.717, 1.165) is 36.9 Å². The van der Waals surface area contributed by atoms with Crippen LogP contribution in [0.5, 0.6) is 0 Å². The van der Waals surface area contributed by atoms with Crippen LogP contribution in [0, 0.1) is 5.41 Å². The lowest BCUT2D eigenvalue weighted by Gasteiger charge is -2.34. The lowest BCUT2D eigenvalue weighted by molar-refractivity contribution is -0.132. The van der Waals surface area contributed by atoms with Gasteiger partial charge in [-0.2, -0.15) is 0 Å². The molecule has 1 aromatic rings. The van der Waals surface area contributed by atoms with Crippen molar-refractivity contribution in [1.82, 2.24) is 5.32 Å². The largest absolute Gasteiger partial charge is 0.378 e. The molecule has 116 valence electrons. The molecule has 0 atom stereocenters. The van der Waals surface area contributed by atoms with Gasteiger partial charge in [0.1, 0.15) is 0 Å². The summed E-state index contributed by atoms with van der Waals surface area (Å²) in [4.78, 5) is 14.6. The molecule has 0 radical (unpaired) electrons. The molecule has 2 rings (SSSR count). The molecular formula is C17H27N3O. The molecule has 1 amide bonds. The van der Waals surface area contributed by atoms with Gasteiger partial charge in [-0.15, -0.1) is 0 Å². The summed E-state index contributed by atoms with van der Waals surface area (Å²) >= 11 is 0. The molecule has 1 saturated carbocycles. The van der Waals surface area contributed by atoms with Gasteiger partial charge >= 0.3 is 0 Å². The second-order valence-corrected chi connectivity index (χ2v) is 6.29. The summed E-state index contributed by atoms with van der Waals surface area (Å²) < 4.78 is 0. The standard InChI is InChI=1S/C17H27N3O/c1-20(2)15-8-6-14(7-9-15)12-19-16(21)17(13-18)10-4-3-5-11-17/h6-9H,3-5,10-13,18H2,1-2H3,(H,19,21). The van der Waals surface area contributed by atoms with Gasteiger partial charge in [0.05, 0.1) is 5.41 Å². The Labute approximate surface area is 127 Å². The Kier molecular flexibility index (Phi) is 5.23. The summed E-state index contributed by atoms with van der Waals surface area (Å²) in [6.45, 7) is 1.03. The zero-order valence-electron chi connectivity index (χ0n) is 13.2. The van der Waals surface area contributed by atoms with Crippen LogP contribution >= 0.6 is 0 Å². The van der Waals surface area contributed by atoms with Gasteiger partial charge in [0, 0.05) is 32.9 Å². The maximum Gasteiger partial charge on any atom is 0.227 e. The number of carbonyl (C=O) groups excluding carboxylic acids is 1. The number of anilines is 1. The van der Waals surface area contributed by atoms with E-state index in [1.165, 1.54) is 6.42 Å². The zero-order valence-corrected chi connectivity index (χ0v) is 13.2. The smallest absolute Gasteiger partial charge is 0.227 e. The van der Waals surface area contributed by atoms with Crippen LogP contribution in [0.25, 0.3) is 0 Å². The van der Waals surface area contributed by atoms with Gasteiger partial charge in [-0.3, -0.25) is 4.79 Å². The molecule has 4 nitrogen and oxygen atoms in total. The Balaban J connectivity index is 1.93. The predicted octanol–water partition coefficient (Wildman–Crippen LogP) is 2.28. The van der Waals surface area contributed by atoms with Crippen LogP contribution in [-0.2, 0) is 11.3 Å². The van der Waals surface area contributed by atoms with Crippen molar-refractivity contribution in [1.29, 1.82) is 0 Å². The minimum Gasteiger partial charge on any atom is -0.378 e. The van der Waals surface area contributed by atoms with Crippen molar-refractivity contribution >= 4 is 11.6 Å². The molecule has 1 fully saturated rings. The fraction of sp³-hybridized carbons (Fsp3) is 0.588. The quantitative estimate of drug-likeness (QED) is 0.874. The van der Waals surface area contributed by atoms with Crippen molar-refractivity contribution < 1.29 is 4.79 Å². The SMILES string of the molecule is CN(C)c1ccc(CNC(=O)C2(CN)CCCCC2)cc1. The van der Waals surface area contributed by atoms with Gasteiger partial charge in [-0.1, -0.05) is 31.4 Å². The number of nitrogens with two attached hydrogens (primary N) is 1. The summed E-state index contributed by atoms with van der Waals surface area (Å²) in [5.41, 5.74) is 7.85. The van der Waals surface area contributed by atoms with Crippen LogP contribution < -0.4 is 16.0 Å². The normalized spacial score (nSPS) is 17.3. The fourth-order valence-corrected chi connectivity index (χ4v) is 3.03. The summed E-state index contributed by atoms with van der Waals surface area (Å²) in [6.07, 6.45) is 5.30. The molecule has 1 aliphatic rings. The number of hydrogen-bond acceptors (Lipinski definition) is 3. The van der Waals surface area contributed by atoms with Crippen molar-refractivity contribution in [3.05, 3.63) is 29.8 Å². The van der Waals surface area contributed by atoms with Gasteiger partial charge in [-0.05, 0) is 30.5 Å². The van der Waals surface area contributed by atoms with Crippen molar-refractivity contribution in [3.63, 3.8) is 0 Å². The highest BCUT2D eigenvalue weighted by Gasteiger charge is 2.37. The van der Waals surface area contributed by atoms with E-state index in [0.29, 0.717) is 13.1 Å². The molecule has 0 saturated heterocycles. The number of hydrogen-bond donors (Lipinski definition) is 2. The molecular weight excluding hydrogens is 262 g/mol. The van der Waals surface area contributed by atoms with Gasteiger partial charge < -0.3 is 16.0 Å². The summed E-state index contributed by atoms with van der Waals surface area (Å²) in [7, 11) is 4.04. The third kappa shape index (κ3) is 3.76. The third-order valence-electron chi connectivity index (χ3n) is 4.59. The lowest BCUT2D eigenvalue weighted by Crippen LogP contribution is -2.46. The predicted molar refractivity (Wildman–Crippen MR) is 87.2 cm³/mol. The minimum absolute atomic E-state index is 0.126. The molecule has 0 heterocycles. The fourth-order valence-electron chi connectivity index (χ4n) is 3.03. The Morgan fingerprint density at radius 3 is 2.33 bits per heavy atom. The first-order valence-corrected chi connectivity index (χ1v) is 7.82. The molecule has 0 aliphatic heterocycles. The molecule has 0 aromatic heterocycles. The van der Waals surface area contributed by atoms with Crippen LogP contribution in [-0.4, -0.2) is 26.5 Å². The van der Waals surface area contributed by atoms with Crippen LogP contribution in [0.15, 0.2) is 24.3 Å². The first-order chi connectivity index (χ1) is 10.1. The monoisotopic (exact) mass is 289 g/mol. The third-order valence-corrected chi connectivity index (χ3v) is 4.59. The number of rotatable bonds is 5. The molecule has 4 heteroatoms. The van der Waals surface area contributed by atoms with E-state index in [-0.39, 0.29) is 11.3 Å². The Bertz CT molecular complexity index is 461. The maximum absolute atomic E-state index is 12.5. The van der Waals surface area contributed by atoms with E-state index >= 15 is 0 Å². The van der Waals surface area contributed by atoms with Gasteiger partial charge in [0.15, 0.2) is 0 Å².